The summed E-state index contributed by atoms with van der Waals surface area (Å²) in [5.41, 5.74) is 7.23. The predicted molar refractivity (Wildman–Crippen MR) is 87.0 cm³/mol. The van der Waals surface area contributed by atoms with Crippen LogP contribution in [0.3, 0.4) is 0 Å². The minimum absolute atomic E-state index is 0.171. The van der Waals surface area contributed by atoms with E-state index in [1.54, 1.807) is 0 Å². The highest BCUT2D eigenvalue weighted by atomic mass is 16.5. The quantitative estimate of drug-likeness (QED) is 0.663. The van der Waals surface area contributed by atoms with Gasteiger partial charge in [0.1, 0.15) is 5.75 Å². The monoisotopic (exact) mass is 303 g/mol. The van der Waals surface area contributed by atoms with Gasteiger partial charge in [-0.05, 0) is 26.3 Å². The molecule has 2 heterocycles. The van der Waals surface area contributed by atoms with Crippen LogP contribution in [0.25, 0.3) is 0 Å². The number of para-hydroxylation sites is 1. The molecule has 1 aromatic rings. The van der Waals surface area contributed by atoms with Crippen LogP contribution in [0.2, 0.25) is 0 Å². The summed E-state index contributed by atoms with van der Waals surface area (Å²) in [5.74, 6) is 1.90. The number of fused-ring (bicyclic) bond motifs is 1. The molecule has 0 amide bonds. The van der Waals surface area contributed by atoms with Crippen molar-refractivity contribution in [2.24, 2.45) is 16.6 Å². The number of hydrogen-bond donors (Lipinski definition) is 2. The van der Waals surface area contributed by atoms with Crippen molar-refractivity contribution in [3.8, 4) is 5.75 Å². The molecule has 5 heteroatoms. The van der Waals surface area contributed by atoms with Gasteiger partial charge in [-0.15, -0.1) is 0 Å². The lowest BCUT2D eigenvalue weighted by Crippen LogP contribution is -2.37. The standard InChI is InChI=1S/C17H25N3O2/c1-11-9-13(12(2)22-11)10-19-17(18)20-15-7-8-21-16-6-4-3-5-14(15)16/h3-6,11-13,15H,7-10H2,1-2H3,(H3,18,19,20). The van der Waals surface area contributed by atoms with Gasteiger partial charge in [0.15, 0.2) is 5.96 Å². The highest BCUT2D eigenvalue weighted by Crippen LogP contribution is 2.31. The lowest BCUT2D eigenvalue weighted by atomic mass is 10.0. The second kappa shape index (κ2) is 6.57. The highest BCUT2D eigenvalue weighted by Gasteiger charge is 2.29. The summed E-state index contributed by atoms with van der Waals surface area (Å²) in [6.45, 7) is 5.64. The predicted octanol–water partition coefficient (Wildman–Crippen LogP) is 2.23. The van der Waals surface area contributed by atoms with Crippen molar-refractivity contribution in [3.05, 3.63) is 29.8 Å². The van der Waals surface area contributed by atoms with Crippen molar-refractivity contribution < 1.29 is 9.47 Å². The number of nitrogens with two attached hydrogens (primary N) is 1. The maximum absolute atomic E-state index is 6.08. The van der Waals surface area contributed by atoms with E-state index in [0.717, 1.165) is 30.7 Å². The van der Waals surface area contributed by atoms with Gasteiger partial charge in [0.25, 0.3) is 0 Å². The van der Waals surface area contributed by atoms with Crippen LogP contribution in [0.1, 0.15) is 38.3 Å². The first-order chi connectivity index (χ1) is 10.6. The van der Waals surface area contributed by atoms with Gasteiger partial charge < -0.3 is 20.5 Å². The zero-order valence-electron chi connectivity index (χ0n) is 13.3. The summed E-state index contributed by atoms with van der Waals surface area (Å²) in [7, 11) is 0. The van der Waals surface area contributed by atoms with Gasteiger partial charge >= 0.3 is 0 Å². The van der Waals surface area contributed by atoms with E-state index in [1.165, 1.54) is 0 Å². The van der Waals surface area contributed by atoms with Gasteiger partial charge in [-0.1, -0.05) is 18.2 Å². The number of benzene rings is 1. The highest BCUT2D eigenvalue weighted by molar-refractivity contribution is 5.78. The van der Waals surface area contributed by atoms with Crippen molar-refractivity contribution in [2.75, 3.05) is 13.2 Å². The lowest BCUT2D eigenvalue weighted by molar-refractivity contribution is 0.0570. The number of nitrogens with one attached hydrogen (secondary N) is 1. The molecule has 4 atom stereocenters. The molecular formula is C17H25N3O2. The first-order valence-corrected chi connectivity index (χ1v) is 8.07. The number of hydrogen-bond acceptors (Lipinski definition) is 3. The first kappa shape index (κ1) is 15.2. The van der Waals surface area contributed by atoms with Crippen molar-refractivity contribution in [1.82, 2.24) is 5.32 Å². The Hall–Kier alpha value is -1.75. The molecule has 0 radical (unpaired) electrons. The molecule has 3 rings (SSSR count). The third kappa shape index (κ3) is 3.35. The number of rotatable bonds is 3. The van der Waals surface area contributed by atoms with E-state index in [-0.39, 0.29) is 12.1 Å². The Bertz CT molecular complexity index is 546. The molecule has 1 aromatic carbocycles. The molecule has 1 saturated heterocycles. The maximum atomic E-state index is 6.08. The molecule has 0 spiro atoms. The molecule has 1 fully saturated rings. The third-order valence-corrected chi connectivity index (χ3v) is 4.52. The summed E-state index contributed by atoms with van der Waals surface area (Å²) >= 11 is 0. The maximum Gasteiger partial charge on any atom is 0.189 e. The smallest absolute Gasteiger partial charge is 0.189 e. The minimum Gasteiger partial charge on any atom is -0.493 e. The molecule has 0 saturated carbocycles. The molecule has 0 aliphatic carbocycles. The molecule has 3 N–H and O–H groups in total. The van der Waals surface area contributed by atoms with Gasteiger partial charge in [0, 0.05) is 24.4 Å². The van der Waals surface area contributed by atoms with Gasteiger partial charge in [-0.2, -0.15) is 0 Å². The fourth-order valence-corrected chi connectivity index (χ4v) is 3.31. The van der Waals surface area contributed by atoms with Crippen LogP contribution in [0.5, 0.6) is 5.75 Å². The van der Waals surface area contributed by atoms with Gasteiger partial charge in [-0.3, -0.25) is 4.99 Å². The first-order valence-electron chi connectivity index (χ1n) is 8.07. The molecular weight excluding hydrogens is 278 g/mol. The Morgan fingerprint density at radius 1 is 1.36 bits per heavy atom. The van der Waals surface area contributed by atoms with Crippen molar-refractivity contribution in [1.29, 1.82) is 0 Å². The van der Waals surface area contributed by atoms with Gasteiger partial charge in [-0.25, -0.2) is 0 Å². The van der Waals surface area contributed by atoms with E-state index in [4.69, 9.17) is 15.2 Å². The summed E-state index contributed by atoms with van der Waals surface area (Å²) in [6.07, 6.45) is 2.53. The fraction of sp³-hybridized carbons (Fsp3) is 0.588. The van der Waals surface area contributed by atoms with Crippen molar-refractivity contribution in [2.45, 2.75) is 44.9 Å². The second-order valence-corrected chi connectivity index (χ2v) is 6.25. The summed E-state index contributed by atoms with van der Waals surface area (Å²) < 4.78 is 11.4. The van der Waals surface area contributed by atoms with Crippen LogP contribution in [0, 0.1) is 5.92 Å². The average molecular weight is 303 g/mol. The van der Waals surface area contributed by atoms with Crippen molar-refractivity contribution in [3.63, 3.8) is 0 Å². The molecule has 0 bridgehead atoms. The minimum atomic E-state index is 0.171. The SMILES string of the molecule is CC1CC(CN=C(N)NC2CCOc3ccccc32)C(C)O1. The summed E-state index contributed by atoms with van der Waals surface area (Å²) in [6, 6.07) is 8.25. The van der Waals surface area contributed by atoms with Gasteiger partial charge in [0.2, 0.25) is 0 Å². The van der Waals surface area contributed by atoms with Crippen LogP contribution < -0.4 is 15.8 Å². The number of guanidine groups is 1. The molecule has 5 nitrogen and oxygen atoms in total. The van der Waals surface area contributed by atoms with E-state index in [2.05, 4.69) is 30.2 Å². The molecule has 2 aliphatic heterocycles. The van der Waals surface area contributed by atoms with E-state index in [0.29, 0.717) is 24.6 Å². The molecule has 22 heavy (non-hydrogen) atoms. The number of ether oxygens (including phenoxy) is 2. The Morgan fingerprint density at radius 2 is 2.18 bits per heavy atom. The molecule has 120 valence electrons. The van der Waals surface area contributed by atoms with Crippen LogP contribution in [-0.2, 0) is 4.74 Å². The topological polar surface area (TPSA) is 68.9 Å². The lowest BCUT2D eigenvalue weighted by Gasteiger charge is -2.27. The zero-order valence-corrected chi connectivity index (χ0v) is 13.3. The zero-order chi connectivity index (χ0) is 15.5. The van der Waals surface area contributed by atoms with E-state index in [9.17, 15) is 0 Å². The Labute approximate surface area is 131 Å². The van der Waals surface area contributed by atoms with Crippen molar-refractivity contribution >= 4 is 5.96 Å². The van der Waals surface area contributed by atoms with Crippen LogP contribution >= 0.6 is 0 Å². The van der Waals surface area contributed by atoms with Crippen LogP contribution in [0.4, 0.5) is 0 Å². The van der Waals surface area contributed by atoms with E-state index < -0.39 is 0 Å². The van der Waals surface area contributed by atoms with Crippen LogP contribution in [0.15, 0.2) is 29.3 Å². The summed E-state index contributed by atoms with van der Waals surface area (Å²) in [4.78, 5) is 4.52. The average Bonchev–Trinajstić information content (AvgIpc) is 2.83. The second-order valence-electron chi connectivity index (χ2n) is 6.25. The van der Waals surface area contributed by atoms with E-state index >= 15 is 0 Å². The fourth-order valence-electron chi connectivity index (χ4n) is 3.31. The Balaban J connectivity index is 1.60. The number of aliphatic imine (C=N–C) groups is 1. The Kier molecular flexibility index (Phi) is 4.52. The van der Waals surface area contributed by atoms with Crippen LogP contribution in [-0.4, -0.2) is 31.3 Å². The largest absolute Gasteiger partial charge is 0.493 e. The number of nitrogens with zero attached hydrogens (tertiary/aromatic N) is 1. The molecule has 2 aliphatic rings. The normalized spacial score (nSPS) is 31.5. The Morgan fingerprint density at radius 3 is 2.95 bits per heavy atom. The third-order valence-electron chi connectivity index (χ3n) is 4.52. The summed E-state index contributed by atoms with van der Waals surface area (Å²) in [5, 5.41) is 3.33. The molecule has 4 unspecified atom stereocenters. The van der Waals surface area contributed by atoms with Gasteiger partial charge in [0.05, 0.1) is 24.9 Å². The molecule has 0 aromatic heterocycles. The van der Waals surface area contributed by atoms with E-state index in [1.807, 2.05) is 18.2 Å².